The summed E-state index contributed by atoms with van der Waals surface area (Å²) in [5.41, 5.74) is 0.635. The normalized spacial score (nSPS) is 10.6. The summed E-state index contributed by atoms with van der Waals surface area (Å²) in [5, 5.41) is 2.79. The number of carbonyl (C=O) groups excluding carboxylic acids is 2. The van der Waals surface area contributed by atoms with Gasteiger partial charge in [0, 0.05) is 35.5 Å². The number of anilines is 3. The zero-order valence-electron chi connectivity index (χ0n) is 15.6. The highest BCUT2D eigenvalue weighted by atomic mass is 35.5. The second kappa shape index (κ2) is 9.19. The number of hydrogen-bond donors (Lipinski definition) is 1. The lowest BCUT2D eigenvalue weighted by atomic mass is 10.1. The number of nitrogens with zero attached hydrogens (tertiary/aromatic N) is 2. The van der Waals surface area contributed by atoms with Gasteiger partial charge in [0.1, 0.15) is 17.5 Å². The Bertz CT molecular complexity index is 1100. The highest BCUT2D eigenvalue weighted by molar-refractivity contribution is 6.34. The van der Waals surface area contributed by atoms with Crippen LogP contribution in [0.1, 0.15) is 12.5 Å². The minimum atomic E-state index is -0.582. The first-order valence-electron chi connectivity index (χ1n) is 8.71. The average molecular weight is 450 g/mol. The number of amides is 2. The summed E-state index contributed by atoms with van der Waals surface area (Å²) in [7, 11) is 0. The topological polar surface area (TPSA) is 62.3 Å². The molecule has 0 atom stereocenters. The van der Waals surface area contributed by atoms with Crippen molar-refractivity contribution in [2.45, 2.75) is 13.3 Å². The van der Waals surface area contributed by atoms with Gasteiger partial charge in [-0.2, -0.15) is 0 Å². The van der Waals surface area contributed by atoms with E-state index < -0.39 is 23.4 Å². The molecule has 0 fully saturated rings. The number of rotatable bonds is 5. The fraction of sp³-hybridized carbons (Fsp3) is 0.0952. The van der Waals surface area contributed by atoms with Gasteiger partial charge in [-0.15, -0.1) is 0 Å². The van der Waals surface area contributed by atoms with Gasteiger partial charge in [-0.3, -0.25) is 14.5 Å². The number of pyridine rings is 1. The molecular formula is C21H15Cl2F2N3O2. The molecule has 1 aromatic heterocycles. The van der Waals surface area contributed by atoms with Crippen molar-refractivity contribution in [1.82, 2.24) is 4.98 Å². The molecule has 0 radical (unpaired) electrons. The molecule has 154 valence electrons. The van der Waals surface area contributed by atoms with Gasteiger partial charge in [0.05, 0.1) is 17.1 Å². The van der Waals surface area contributed by atoms with Gasteiger partial charge in [-0.05, 0) is 36.4 Å². The average Bonchev–Trinajstić information content (AvgIpc) is 2.67. The molecule has 2 aromatic carbocycles. The molecular weight excluding hydrogens is 435 g/mol. The van der Waals surface area contributed by atoms with Crippen LogP contribution in [0, 0.1) is 11.6 Å². The van der Waals surface area contributed by atoms with Crippen LogP contribution in [0.3, 0.4) is 0 Å². The minimum Gasteiger partial charge on any atom is -0.326 e. The first kappa shape index (κ1) is 21.7. The van der Waals surface area contributed by atoms with Crippen molar-refractivity contribution in [1.29, 1.82) is 0 Å². The summed E-state index contributed by atoms with van der Waals surface area (Å²) in [6.07, 6.45) is 1.11. The van der Waals surface area contributed by atoms with Crippen molar-refractivity contribution in [2.24, 2.45) is 0 Å². The molecule has 0 saturated heterocycles. The van der Waals surface area contributed by atoms with Crippen LogP contribution in [0.25, 0.3) is 0 Å². The van der Waals surface area contributed by atoms with Gasteiger partial charge in [0.25, 0.3) is 0 Å². The van der Waals surface area contributed by atoms with Gasteiger partial charge >= 0.3 is 0 Å². The zero-order chi connectivity index (χ0) is 21.8. The Morgan fingerprint density at radius 1 is 1.07 bits per heavy atom. The van der Waals surface area contributed by atoms with E-state index >= 15 is 0 Å². The Labute approximate surface area is 181 Å². The lowest BCUT2D eigenvalue weighted by Crippen LogP contribution is -2.24. The highest BCUT2D eigenvalue weighted by Crippen LogP contribution is 2.32. The standard InChI is InChI=1S/C21H15Cl2F2N3O2/c1-12(29)28(19-6-5-13(24)9-17(19)23)20-10-14(7-8-26-20)27-21(30)11-15-16(22)3-2-4-18(15)25/h2-10H,11H2,1H3,(H,26,27,30). The molecule has 0 aliphatic heterocycles. The van der Waals surface area contributed by atoms with Crippen molar-refractivity contribution in [3.63, 3.8) is 0 Å². The quantitative estimate of drug-likeness (QED) is 0.556. The number of nitrogens with one attached hydrogen (secondary N) is 1. The summed E-state index contributed by atoms with van der Waals surface area (Å²) >= 11 is 12.0. The molecule has 0 saturated carbocycles. The summed E-state index contributed by atoms with van der Waals surface area (Å²) in [6.45, 7) is 1.30. The molecule has 9 heteroatoms. The highest BCUT2D eigenvalue weighted by Gasteiger charge is 2.20. The Morgan fingerprint density at radius 3 is 2.50 bits per heavy atom. The molecule has 0 spiro atoms. The molecule has 1 N–H and O–H groups in total. The summed E-state index contributed by atoms with van der Waals surface area (Å²) < 4.78 is 27.3. The predicted molar refractivity (Wildman–Crippen MR) is 112 cm³/mol. The van der Waals surface area contributed by atoms with Crippen LogP contribution in [0.2, 0.25) is 10.0 Å². The van der Waals surface area contributed by atoms with Gasteiger partial charge < -0.3 is 5.32 Å². The fourth-order valence-corrected chi connectivity index (χ4v) is 3.28. The second-order valence-corrected chi connectivity index (χ2v) is 7.09. The number of halogens is 4. The minimum absolute atomic E-state index is 0.0237. The second-order valence-electron chi connectivity index (χ2n) is 6.28. The number of benzene rings is 2. The third-order valence-electron chi connectivity index (χ3n) is 4.12. The third kappa shape index (κ3) is 4.93. The molecule has 3 rings (SSSR count). The van der Waals surface area contributed by atoms with Crippen LogP contribution in [-0.2, 0) is 16.0 Å². The van der Waals surface area contributed by atoms with Crippen LogP contribution in [0.4, 0.5) is 26.0 Å². The summed E-state index contributed by atoms with van der Waals surface area (Å²) in [5.74, 6) is -1.89. The molecule has 5 nitrogen and oxygen atoms in total. The number of aromatic nitrogens is 1. The van der Waals surface area contributed by atoms with Crippen LogP contribution >= 0.6 is 23.2 Å². The lowest BCUT2D eigenvalue weighted by Gasteiger charge is -2.22. The SMILES string of the molecule is CC(=O)N(c1cc(NC(=O)Cc2c(F)cccc2Cl)ccn1)c1ccc(F)cc1Cl. The van der Waals surface area contributed by atoms with Crippen molar-refractivity contribution in [3.8, 4) is 0 Å². The smallest absolute Gasteiger partial charge is 0.229 e. The molecule has 0 aliphatic rings. The number of hydrogen-bond acceptors (Lipinski definition) is 3. The molecule has 0 aliphatic carbocycles. The predicted octanol–water partition coefficient (Wildman–Crippen LogP) is 5.53. The molecule has 30 heavy (non-hydrogen) atoms. The molecule has 3 aromatic rings. The third-order valence-corrected chi connectivity index (χ3v) is 4.78. The van der Waals surface area contributed by atoms with E-state index in [1.165, 1.54) is 60.5 Å². The monoisotopic (exact) mass is 449 g/mol. The van der Waals surface area contributed by atoms with E-state index in [1.807, 2.05) is 0 Å². The van der Waals surface area contributed by atoms with Crippen molar-refractivity contribution < 1.29 is 18.4 Å². The molecule has 0 bridgehead atoms. The van der Waals surface area contributed by atoms with E-state index in [0.717, 1.165) is 6.07 Å². The Kier molecular flexibility index (Phi) is 6.64. The Hall–Kier alpha value is -3.03. The number of carbonyl (C=O) groups is 2. The maximum atomic E-state index is 13.9. The van der Waals surface area contributed by atoms with Crippen LogP contribution in [0.5, 0.6) is 0 Å². The van der Waals surface area contributed by atoms with Crippen LogP contribution in [-0.4, -0.2) is 16.8 Å². The van der Waals surface area contributed by atoms with E-state index in [-0.39, 0.29) is 33.5 Å². The summed E-state index contributed by atoms with van der Waals surface area (Å²) in [4.78, 5) is 29.9. The van der Waals surface area contributed by atoms with E-state index in [9.17, 15) is 18.4 Å². The van der Waals surface area contributed by atoms with Crippen molar-refractivity contribution in [2.75, 3.05) is 10.2 Å². The first-order chi connectivity index (χ1) is 14.3. The molecule has 0 unspecified atom stereocenters. The fourth-order valence-electron chi connectivity index (χ4n) is 2.80. The maximum absolute atomic E-state index is 13.9. The molecule has 2 amide bonds. The first-order valence-corrected chi connectivity index (χ1v) is 9.46. The van der Waals surface area contributed by atoms with Gasteiger partial charge in [-0.25, -0.2) is 13.8 Å². The Morgan fingerprint density at radius 2 is 1.83 bits per heavy atom. The molecule has 1 heterocycles. The van der Waals surface area contributed by atoms with E-state index in [2.05, 4.69) is 10.3 Å². The van der Waals surface area contributed by atoms with E-state index in [1.54, 1.807) is 0 Å². The zero-order valence-corrected chi connectivity index (χ0v) is 17.1. The van der Waals surface area contributed by atoms with E-state index in [4.69, 9.17) is 23.2 Å². The van der Waals surface area contributed by atoms with E-state index in [0.29, 0.717) is 5.69 Å². The van der Waals surface area contributed by atoms with Crippen LogP contribution in [0.15, 0.2) is 54.7 Å². The van der Waals surface area contributed by atoms with Gasteiger partial charge in [-0.1, -0.05) is 29.3 Å². The summed E-state index contributed by atoms with van der Waals surface area (Å²) in [6, 6.07) is 10.7. The van der Waals surface area contributed by atoms with Crippen molar-refractivity contribution >= 4 is 52.2 Å². The van der Waals surface area contributed by atoms with Gasteiger partial charge in [0.2, 0.25) is 11.8 Å². The lowest BCUT2D eigenvalue weighted by molar-refractivity contribution is -0.116. The Balaban J connectivity index is 1.85. The largest absolute Gasteiger partial charge is 0.326 e. The van der Waals surface area contributed by atoms with Crippen molar-refractivity contribution in [3.05, 3.63) is 82.0 Å². The van der Waals surface area contributed by atoms with Gasteiger partial charge in [0.15, 0.2) is 0 Å². The van der Waals surface area contributed by atoms with Crippen LogP contribution < -0.4 is 10.2 Å². The maximum Gasteiger partial charge on any atom is 0.229 e.